The van der Waals surface area contributed by atoms with Crippen LogP contribution < -0.4 is 11.5 Å². The molecular weight excluding hydrogens is 376 g/mol. The Labute approximate surface area is 176 Å². The molecule has 0 fully saturated rings. The van der Waals surface area contributed by atoms with Crippen molar-refractivity contribution in [2.24, 2.45) is 0 Å². The average Bonchev–Trinajstić information content (AvgIpc) is 3.31. The fourth-order valence-corrected chi connectivity index (χ4v) is 3.81. The van der Waals surface area contributed by atoms with Crippen LogP contribution in [-0.4, -0.2) is 9.97 Å². The lowest BCUT2D eigenvalue weighted by Crippen LogP contribution is -1.88. The van der Waals surface area contributed by atoms with Crippen molar-refractivity contribution in [1.29, 1.82) is 0 Å². The largest absolute Gasteiger partial charge is 0.441 e. The van der Waals surface area contributed by atoms with E-state index >= 15 is 0 Å². The van der Waals surface area contributed by atoms with Crippen LogP contribution in [0.25, 0.3) is 22.2 Å². The predicted molar refractivity (Wildman–Crippen MR) is 121 cm³/mol. The normalized spacial score (nSPS) is 11.6. The molecule has 0 amide bonds. The van der Waals surface area contributed by atoms with E-state index in [0.717, 1.165) is 71.0 Å². The van der Waals surface area contributed by atoms with Crippen LogP contribution in [0.1, 0.15) is 63.1 Å². The second kappa shape index (κ2) is 9.65. The number of benzene rings is 2. The van der Waals surface area contributed by atoms with Gasteiger partial charge in [0.25, 0.3) is 0 Å². The molecule has 6 heteroatoms. The van der Waals surface area contributed by atoms with Crippen LogP contribution in [0.3, 0.4) is 0 Å². The van der Waals surface area contributed by atoms with Gasteiger partial charge in [-0.2, -0.15) is 0 Å². The molecule has 0 radical (unpaired) electrons. The van der Waals surface area contributed by atoms with E-state index in [1.165, 1.54) is 38.5 Å². The number of rotatable bonds is 11. The van der Waals surface area contributed by atoms with Crippen LogP contribution in [0.15, 0.2) is 45.2 Å². The molecule has 0 bridgehead atoms. The van der Waals surface area contributed by atoms with Gasteiger partial charge < -0.3 is 20.3 Å². The van der Waals surface area contributed by atoms with Gasteiger partial charge in [0, 0.05) is 24.2 Å². The number of oxazole rings is 2. The standard InChI is InChI=1S/C24H30N4O2/c25-17-11-13-21-19(15-17)27-23(29-21)9-7-5-3-1-2-4-6-8-10-24-28-20-16-18(26)12-14-22(20)30-24/h11-16H,1-10,25-26H2. The van der Waals surface area contributed by atoms with E-state index in [0.29, 0.717) is 0 Å². The molecule has 0 spiro atoms. The molecule has 158 valence electrons. The van der Waals surface area contributed by atoms with Gasteiger partial charge >= 0.3 is 0 Å². The minimum Gasteiger partial charge on any atom is -0.441 e. The van der Waals surface area contributed by atoms with Crippen molar-refractivity contribution < 1.29 is 8.83 Å². The highest BCUT2D eigenvalue weighted by Gasteiger charge is 2.07. The Morgan fingerprint density at radius 1 is 0.567 bits per heavy atom. The lowest BCUT2D eigenvalue weighted by atomic mass is 10.1. The Balaban J connectivity index is 1.05. The quantitative estimate of drug-likeness (QED) is 0.232. The fraction of sp³-hybridized carbons (Fsp3) is 0.417. The smallest absolute Gasteiger partial charge is 0.195 e. The maximum absolute atomic E-state index is 5.79. The third-order valence-electron chi connectivity index (χ3n) is 5.44. The maximum Gasteiger partial charge on any atom is 0.195 e. The molecule has 0 aliphatic carbocycles. The number of nitrogen functional groups attached to an aromatic ring is 2. The summed E-state index contributed by atoms with van der Waals surface area (Å²) in [5.74, 6) is 1.63. The number of fused-ring (bicyclic) bond motifs is 2. The van der Waals surface area contributed by atoms with Crippen LogP contribution >= 0.6 is 0 Å². The summed E-state index contributed by atoms with van der Waals surface area (Å²) < 4.78 is 11.5. The van der Waals surface area contributed by atoms with E-state index in [1.54, 1.807) is 0 Å². The van der Waals surface area contributed by atoms with E-state index in [-0.39, 0.29) is 0 Å². The maximum atomic E-state index is 5.79. The van der Waals surface area contributed by atoms with Crippen molar-refractivity contribution in [3.63, 3.8) is 0 Å². The predicted octanol–water partition coefficient (Wildman–Crippen LogP) is 6.04. The number of nitrogens with two attached hydrogens (primary N) is 2. The van der Waals surface area contributed by atoms with Crippen molar-refractivity contribution in [3.8, 4) is 0 Å². The highest BCUT2D eigenvalue weighted by molar-refractivity contribution is 5.77. The Kier molecular flexibility index (Phi) is 6.52. The van der Waals surface area contributed by atoms with Crippen LogP contribution in [0, 0.1) is 0 Å². The molecule has 30 heavy (non-hydrogen) atoms. The summed E-state index contributed by atoms with van der Waals surface area (Å²) in [4.78, 5) is 9.04. The zero-order chi connectivity index (χ0) is 20.8. The zero-order valence-electron chi connectivity index (χ0n) is 17.4. The number of aryl methyl sites for hydroxylation is 2. The molecule has 2 heterocycles. The molecule has 0 saturated heterocycles. The Morgan fingerprint density at radius 3 is 1.40 bits per heavy atom. The first-order valence-corrected chi connectivity index (χ1v) is 11.0. The van der Waals surface area contributed by atoms with Gasteiger partial charge in [0.1, 0.15) is 11.0 Å². The summed E-state index contributed by atoms with van der Waals surface area (Å²) >= 11 is 0. The van der Waals surface area contributed by atoms with Crippen molar-refractivity contribution in [3.05, 3.63) is 48.2 Å². The van der Waals surface area contributed by atoms with E-state index in [4.69, 9.17) is 20.3 Å². The number of hydrogen-bond acceptors (Lipinski definition) is 6. The second-order valence-corrected chi connectivity index (χ2v) is 8.00. The molecule has 6 nitrogen and oxygen atoms in total. The Morgan fingerprint density at radius 2 is 0.967 bits per heavy atom. The van der Waals surface area contributed by atoms with E-state index in [9.17, 15) is 0 Å². The van der Waals surface area contributed by atoms with Crippen LogP contribution in [0.5, 0.6) is 0 Å². The monoisotopic (exact) mass is 406 g/mol. The van der Waals surface area contributed by atoms with Crippen molar-refractivity contribution in [2.45, 2.75) is 64.2 Å². The lowest BCUT2D eigenvalue weighted by molar-refractivity contribution is 0.493. The molecule has 0 saturated carbocycles. The van der Waals surface area contributed by atoms with Crippen molar-refractivity contribution in [2.75, 3.05) is 11.5 Å². The van der Waals surface area contributed by atoms with Gasteiger partial charge in [-0.25, -0.2) is 9.97 Å². The topological polar surface area (TPSA) is 104 Å². The van der Waals surface area contributed by atoms with Gasteiger partial charge in [0.2, 0.25) is 0 Å². The van der Waals surface area contributed by atoms with Gasteiger partial charge in [-0.3, -0.25) is 0 Å². The Hall–Kier alpha value is -3.02. The molecule has 2 aromatic heterocycles. The molecule has 0 unspecified atom stereocenters. The number of unbranched alkanes of at least 4 members (excludes halogenated alkanes) is 7. The molecule has 4 aromatic rings. The highest BCUT2D eigenvalue weighted by Crippen LogP contribution is 2.21. The average molecular weight is 407 g/mol. The van der Waals surface area contributed by atoms with Gasteiger partial charge in [-0.15, -0.1) is 0 Å². The SMILES string of the molecule is Nc1ccc2oc(CCCCCCCCCCc3nc4cc(N)ccc4o3)nc2c1. The number of nitrogens with zero attached hydrogens (tertiary/aromatic N) is 2. The molecule has 0 aliphatic rings. The first-order chi connectivity index (χ1) is 14.7. The van der Waals surface area contributed by atoms with Crippen LogP contribution in [-0.2, 0) is 12.8 Å². The minimum atomic E-state index is 0.724. The number of hydrogen-bond donors (Lipinski definition) is 2. The molecule has 2 aromatic carbocycles. The summed E-state index contributed by atoms with van der Waals surface area (Å²) in [5.41, 5.74) is 16.4. The van der Waals surface area contributed by atoms with Gasteiger partial charge in [-0.05, 0) is 49.2 Å². The number of anilines is 2. The molecule has 4 N–H and O–H groups in total. The summed E-state index contributed by atoms with van der Waals surface area (Å²) in [6.45, 7) is 0. The summed E-state index contributed by atoms with van der Waals surface area (Å²) in [6, 6.07) is 11.2. The number of aromatic nitrogens is 2. The summed E-state index contributed by atoms with van der Waals surface area (Å²) in [6.07, 6.45) is 11.5. The lowest BCUT2D eigenvalue weighted by Gasteiger charge is -2.01. The molecular formula is C24H30N4O2. The van der Waals surface area contributed by atoms with E-state index in [1.807, 2.05) is 36.4 Å². The van der Waals surface area contributed by atoms with E-state index in [2.05, 4.69) is 9.97 Å². The summed E-state index contributed by atoms with van der Waals surface area (Å²) in [5, 5.41) is 0. The van der Waals surface area contributed by atoms with Gasteiger partial charge in [0.15, 0.2) is 22.9 Å². The van der Waals surface area contributed by atoms with Crippen LogP contribution in [0.4, 0.5) is 11.4 Å². The third-order valence-corrected chi connectivity index (χ3v) is 5.44. The van der Waals surface area contributed by atoms with Gasteiger partial charge in [-0.1, -0.05) is 38.5 Å². The zero-order valence-corrected chi connectivity index (χ0v) is 17.4. The fourth-order valence-electron chi connectivity index (χ4n) is 3.81. The highest BCUT2D eigenvalue weighted by atomic mass is 16.4. The molecule has 4 rings (SSSR count). The first kappa shape index (κ1) is 20.3. The van der Waals surface area contributed by atoms with Crippen LogP contribution in [0.2, 0.25) is 0 Å². The van der Waals surface area contributed by atoms with Crippen molar-refractivity contribution >= 4 is 33.6 Å². The first-order valence-electron chi connectivity index (χ1n) is 11.0. The summed E-state index contributed by atoms with van der Waals surface area (Å²) in [7, 11) is 0. The Bertz CT molecular complexity index is 1010. The second-order valence-electron chi connectivity index (χ2n) is 8.00. The third kappa shape index (κ3) is 5.32. The molecule has 0 atom stereocenters. The van der Waals surface area contributed by atoms with Gasteiger partial charge in [0.05, 0.1) is 0 Å². The molecule has 0 aliphatic heterocycles. The van der Waals surface area contributed by atoms with Crippen molar-refractivity contribution in [1.82, 2.24) is 9.97 Å². The minimum absolute atomic E-state index is 0.724. The van der Waals surface area contributed by atoms with E-state index < -0.39 is 0 Å².